The van der Waals surface area contributed by atoms with Gasteiger partial charge < -0.3 is 43.2 Å². The van der Waals surface area contributed by atoms with Crippen LogP contribution in [0.1, 0.15) is 142 Å². The first-order valence-corrected chi connectivity index (χ1v) is 24.8. The van der Waals surface area contributed by atoms with Crippen molar-refractivity contribution in [2.45, 2.75) is 173 Å². The van der Waals surface area contributed by atoms with Gasteiger partial charge in [0.2, 0.25) is 41.4 Å². The molecule has 0 aliphatic rings. The summed E-state index contributed by atoms with van der Waals surface area (Å²) in [5.74, 6) is -5.27. The molecule has 0 saturated heterocycles. The molecule has 3 rings (SSSR count). The Labute approximate surface area is 407 Å². The Bertz CT molecular complexity index is 2120. The Morgan fingerprint density at radius 3 is 1.54 bits per heavy atom. The number of aliphatic carboxylic acids is 1. The zero-order chi connectivity index (χ0) is 50.7. The van der Waals surface area contributed by atoms with Gasteiger partial charge in [-0.15, -0.1) is 0 Å². The summed E-state index contributed by atoms with van der Waals surface area (Å²) in [6, 6.07) is 17.0. The summed E-state index contributed by atoms with van der Waals surface area (Å²) in [4.78, 5) is 102. The third-order valence-electron chi connectivity index (χ3n) is 12.1. The van der Waals surface area contributed by atoms with E-state index in [1.54, 1.807) is 6.07 Å². The van der Waals surface area contributed by atoms with E-state index in [9.17, 15) is 43.5 Å². The highest BCUT2D eigenvalue weighted by molar-refractivity contribution is 5.95. The lowest BCUT2D eigenvalue weighted by Gasteiger charge is -2.27. The van der Waals surface area contributed by atoms with Gasteiger partial charge in [-0.05, 0) is 53.0 Å². The van der Waals surface area contributed by atoms with Crippen molar-refractivity contribution in [2.75, 3.05) is 0 Å². The number of nitrogens with one attached hydrogen (secondary N) is 5. The molecule has 0 radical (unpaired) electrons. The van der Waals surface area contributed by atoms with E-state index in [2.05, 4.69) is 26.6 Å². The number of carbonyl (C=O) groups is 8. The average Bonchev–Trinajstić information content (AvgIpc) is 3.29. The molecule has 5 atom stereocenters. The number of carboxylic acid groups (broad SMARTS) is 1. The molecule has 0 spiro atoms. The summed E-state index contributed by atoms with van der Waals surface area (Å²) in [5, 5.41) is 25.2. The molecule has 378 valence electrons. The highest BCUT2D eigenvalue weighted by Crippen LogP contribution is 2.20. The Hall–Kier alpha value is -6.32. The molecule has 7 amide bonds. The molecule has 0 heterocycles. The zero-order valence-electron chi connectivity index (χ0n) is 41.1. The summed E-state index contributed by atoms with van der Waals surface area (Å²) in [5.41, 5.74) is 12.6. The number of amides is 7. The lowest BCUT2D eigenvalue weighted by molar-refractivity contribution is -0.142. The number of primary amides is 2. The Kier molecular flexibility index (Phi) is 25.6. The van der Waals surface area contributed by atoms with E-state index in [0.29, 0.717) is 19.3 Å². The minimum atomic E-state index is -1.29. The molecule has 0 aliphatic heterocycles. The number of hydrogen-bond donors (Lipinski definition) is 8. The molecule has 3 aromatic rings. The number of unbranched alkanes of at least 4 members (excludes halogenated alkanes) is 11. The molecule has 0 bridgehead atoms. The predicted molar refractivity (Wildman–Crippen MR) is 267 cm³/mol. The molecule has 10 N–H and O–H groups in total. The van der Waals surface area contributed by atoms with Crippen LogP contribution in [0.2, 0.25) is 0 Å². The van der Waals surface area contributed by atoms with E-state index >= 15 is 0 Å². The monoisotopic (exact) mass is 956 g/mol. The van der Waals surface area contributed by atoms with E-state index in [1.807, 2.05) is 94.4 Å². The third kappa shape index (κ3) is 22.1. The number of fused-ring (bicyclic) bond motifs is 1. The van der Waals surface area contributed by atoms with E-state index in [-0.39, 0.29) is 43.4 Å². The van der Waals surface area contributed by atoms with Gasteiger partial charge in [-0.25, -0.2) is 4.79 Å². The molecule has 0 fully saturated rings. The van der Waals surface area contributed by atoms with Gasteiger partial charge >= 0.3 is 5.97 Å². The van der Waals surface area contributed by atoms with Gasteiger partial charge in [0.1, 0.15) is 30.2 Å². The van der Waals surface area contributed by atoms with Crippen LogP contribution in [-0.4, -0.2) is 82.6 Å². The molecule has 16 nitrogen and oxygen atoms in total. The maximum absolute atomic E-state index is 13.5. The van der Waals surface area contributed by atoms with Gasteiger partial charge in [-0.1, -0.05) is 165 Å². The number of nitrogens with two attached hydrogens (primary N) is 2. The van der Waals surface area contributed by atoms with E-state index < -0.39 is 78.0 Å². The van der Waals surface area contributed by atoms with Crippen LogP contribution in [-0.2, 0) is 51.2 Å². The largest absolute Gasteiger partial charge is 0.480 e. The van der Waals surface area contributed by atoms with Crippen molar-refractivity contribution in [1.82, 2.24) is 26.6 Å². The van der Waals surface area contributed by atoms with E-state index in [0.717, 1.165) is 86.1 Å². The molecular formula is C53H77N7O9. The maximum Gasteiger partial charge on any atom is 0.326 e. The van der Waals surface area contributed by atoms with Crippen LogP contribution in [0.4, 0.5) is 0 Å². The smallest absolute Gasteiger partial charge is 0.326 e. The highest BCUT2D eigenvalue weighted by Gasteiger charge is 2.32. The van der Waals surface area contributed by atoms with Crippen molar-refractivity contribution < 1.29 is 43.5 Å². The third-order valence-corrected chi connectivity index (χ3v) is 12.1. The first-order chi connectivity index (χ1) is 32.9. The van der Waals surface area contributed by atoms with Gasteiger partial charge in [0.15, 0.2) is 0 Å². The van der Waals surface area contributed by atoms with Gasteiger partial charge in [-0.2, -0.15) is 0 Å². The Morgan fingerprint density at radius 2 is 1.00 bits per heavy atom. The summed E-state index contributed by atoms with van der Waals surface area (Å²) in [7, 11) is 0. The fourth-order valence-electron chi connectivity index (χ4n) is 8.27. The first-order valence-electron chi connectivity index (χ1n) is 24.8. The molecule has 3 aromatic carbocycles. The molecule has 69 heavy (non-hydrogen) atoms. The maximum atomic E-state index is 13.5. The number of rotatable bonds is 34. The van der Waals surface area contributed by atoms with Crippen LogP contribution < -0.4 is 38.1 Å². The second-order valence-corrected chi connectivity index (χ2v) is 18.9. The molecule has 0 aromatic heterocycles. The van der Waals surface area contributed by atoms with Crippen LogP contribution in [0.25, 0.3) is 10.8 Å². The van der Waals surface area contributed by atoms with Crippen LogP contribution in [0.5, 0.6) is 0 Å². The van der Waals surface area contributed by atoms with Crippen molar-refractivity contribution in [1.29, 1.82) is 0 Å². The highest BCUT2D eigenvalue weighted by atomic mass is 16.4. The minimum absolute atomic E-state index is 0.0130. The van der Waals surface area contributed by atoms with Crippen molar-refractivity contribution in [3.05, 3.63) is 83.9 Å². The lowest BCUT2D eigenvalue weighted by atomic mass is 9.98. The number of benzene rings is 3. The van der Waals surface area contributed by atoms with Gasteiger partial charge in [0.25, 0.3) is 0 Å². The number of hydrogen-bond acceptors (Lipinski definition) is 8. The molecule has 0 unspecified atom stereocenters. The zero-order valence-corrected chi connectivity index (χ0v) is 41.1. The normalized spacial score (nSPS) is 13.4. The molecule has 16 heteroatoms. The van der Waals surface area contributed by atoms with Gasteiger partial charge in [0.05, 0.1) is 6.42 Å². The SMILES string of the molecule is CC(C)C[C@H](NC(=O)[C@@H](NC(=O)CCCCCCCCCCCCCCC(=O)N[C@@H](CC(N)=O)C(=O)N[C@@H](Cc1cccc2ccccc12)C(=O)O)C(C)C)C(=O)N[C@@H](Cc1ccccc1)C(N)=O. The van der Waals surface area contributed by atoms with Gasteiger partial charge in [-0.3, -0.25) is 33.6 Å². The first kappa shape index (κ1) is 57.0. The van der Waals surface area contributed by atoms with Crippen molar-refractivity contribution in [2.24, 2.45) is 23.3 Å². The van der Waals surface area contributed by atoms with E-state index in [4.69, 9.17) is 11.5 Å². The quantitative estimate of drug-likeness (QED) is 0.0343. The second-order valence-electron chi connectivity index (χ2n) is 18.9. The fourth-order valence-corrected chi connectivity index (χ4v) is 8.27. The van der Waals surface area contributed by atoms with Crippen molar-refractivity contribution >= 4 is 58.1 Å². The summed E-state index contributed by atoms with van der Waals surface area (Å²) < 4.78 is 0. The van der Waals surface area contributed by atoms with Crippen LogP contribution in [0, 0.1) is 11.8 Å². The number of carbonyl (C=O) groups excluding carboxylic acids is 7. The lowest BCUT2D eigenvalue weighted by Crippen LogP contribution is -2.58. The Balaban J connectivity index is 1.27. The van der Waals surface area contributed by atoms with Crippen LogP contribution >= 0.6 is 0 Å². The Morgan fingerprint density at radius 1 is 0.507 bits per heavy atom. The minimum Gasteiger partial charge on any atom is -0.480 e. The standard InChI is InChI=1S/C53H77N7O9/c1-35(2)31-42(50(65)57-41(49(55)64)32-37-23-16-15-17-24-37)58-52(67)48(36(3)4)60-47(63)30-19-14-12-10-8-6-5-7-9-11-13-18-29-46(62)56-43(34-45(54)61)51(66)59-44(53(68)69)33-39-27-22-26-38-25-20-21-28-40(38)39/h15-17,20-28,35-36,41-44,48H,5-14,18-19,29-34H2,1-4H3,(H2,54,61)(H2,55,64)(H,56,62)(H,57,65)(H,58,67)(H,59,66)(H,60,63)(H,68,69)/t41-,42-,43-,44-,48-/m0/s1. The molecular weight excluding hydrogens is 879 g/mol. The topological polar surface area (TPSA) is 269 Å². The number of carboxylic acids is 1. The predicted octanol–water partition coefficient (Wildman–Crippen LogP) is 5.66. The van der Waals surface area contributed by atoms with E-state index in [1.165, 1.54) is 0 Å². The average molecular weight is 956 g/mol. The second kappa shape index (κ2) is 30.9. The fraction of sp³-hybridized carbons (Fsp3) is 0.547. The van der Waals surface area contributed by atoms with Crippen LogP contribution in [0.3, 0.4) is 0 Å². The van der Waals surface area contributed by atoms with Crippen LogP contribution in [0.15, 0.2) is 72.8 Å². The molecule has 0 aliphatic carbocycles. The van der Waals surface area contributed by atoms with Gasteiger partial charge in [0, 0.05) is 25.7 Å². The summed E-state index contributed by atoms with van der Waals surface area (Å²) in [6.07, 6.45) is 12.0. The summed E-state index contributed by atoms with van der Waals surface area (Å²) >= 11 is 0. The van der Waals surface area contributed by atoms with Crippen molar-refractivity contribution in [3.8, 4) is 0 Å². The molecule has 0 saturated carbocycles. The summed E-state index contributed by atoms with van der Waals surface area (Å²) in [6.45, 7) is 7.53. The van der Waals surface area contributed by atoms with Crippen molar-refractivity contribution in [3.63, 3.8) is 0 Å².